The van der Waals surface area contributed by atoms with Gasteiger partial charge in [0.05, 0.1) is 5.69 Å². The molecule has 3 aromatic carbocycles. The fraction of sp³-hybridized carbons (Fsp3) is 0.192. The highest BCUT2D eigenvalue weighted by Gasteiger charge is 2.52. The van der Waals surface area contributed by atoms with E-state index in [1.54, 1.807) is 24.3 Å². The Hall–Kier alpha value is -4.13. The van der Waals surface area contributed by atoms with Crippen LogP contribution in [0.4, 0.5) is 10.5 Å². The molecule has 33 heavy (non-hydrogen) atoms. The molecule has 0 saturated carbocycles. The second-order valence-corrected chi connectivity index (χ2v) is 8.31. The van der Waals surface area contributed by atoms with E-state index in [1.807, 2.05) is 54.6 Å². The molecule has 1 aliphatic heterocycles. The van der Waals surface area contributed by atoms with E-state index in [2.05, 4.69) is 10.6 Å². The Morgan fingerprint density at radius 2 is 1.64 bits per heavy atom. The van der Waals surface area contributed by atoms with Gasteiger partial charge in [0.2, 0.25) is 5.91 Å². The SMILES string of the molecule is O=C(CN1C(=O)NC2(CCc3ccccc3C2)C1=O)Nc1ccccc1Oc1ccccc1. The van der Waals surface area contributed by atoms with E-state index in [9.17, 15) is 14.4 Å². The second-order valence-electron chi connectivity index (χ2n) is 8.31. The molecule has 0 aromatic heterocycles. The number of carbonyl (C=O) groups excluding carboxylic acids is 3. The Morgan fingerprint density at radius 3 is 2.45 bits per heavy atom. The Kier molecular flexibility index (Phi) is 5.30. The van der Waals surface area contributed by atoms with Crippen LogP contribution in [0.3, 0.4) is 0 Å². The van der Waals surface area contributed by atoms with Crippen LogP contribution in [0.1, 0.15) is 17.5 Å². The number of hydrogen-bond acceptors (Lipinski definition) is 4. The summed E-state index contributed by atoms with van der Waals surface area (Å²) in [5, 5.41) is 5.62. The molecule has 4 amide bonds. The number of hydrogen-bond donors (Lipinski definition) is 2. The number of rotatable bonds is 5. The van der Waals surface area contributed by atoms with Crippen molar-refractivity contribution in [3.63, 3.8) is 0 Å². The van der Waals surface area contributed by atoms with Crippen molar-refractivity contribution in [3.8, 4) is 11.5 Å². The van der Waals surface area contributed by atoms with Gasteiger partial charge in [0.25, 0.3) is 5.91 Å². The molecule has 3 aromatic rings. The molecule has 2 N–H and O–H groups in total. The number of nitrogens with zero attached hydrogens (tertiary/aromatic N) is 1. The molecular weight excluding hydrogens is 418 g/mol. The third-order valence-electron chi connectivity index (χ3n) is 6.11. The molecule has 1 spiro atoms. The summed E-state index contributed by atoms with van der Waals surface area (Å²) in [5.74, 6) is 0.268. The van der Waals surface area contributed by atoms with E-state index >= 15 is 0 Å². The minimum absolute atomic E-state index is 0.356. The lowest BCUT2D eigenvalue weighted by atomic mass is 9.78. The highest BCUT2D eigenvalue weighted by Crippen LogP contribution is 2.34. The maximum absolute atomic E-state index is 13.2. The summed E-state index contributed by atoms with van der Waals surface area (Å²) in [5.41, 5.74) is 1.71. The largest absolute Gasteiger partial charge is 0.455 e. The zero-order valence-corrected chi connectivity index (χ0v) is 17.9. The number of imide groups is 1. The molecule has 1 aliphatic carbocycles. The Morgan fingerprint density at radius 1 is 0.939 bits per heavy atom. The van der Waals surface area contributed by atoms with Crippen LogP contribution < -0.4 is 15.4 Å². The van der Waals surface area contributed by atoms with Crippen molar-refractivity contribution in [3.05, 3.63) is 90.0 Å². The van der Waals surface area contributed by atoms with Crippen LogP contribution in [0.15, 0.2) is 78.9 Å². The Bertz CT molecular complexity index is 1230. The standard InChI is InChI=1S/C26H23N3O4/c30-23(27-21-12-6-7-13-22(21)33-20-10-2-1-3-11-20)17-29-24(31)26(28-25(29)32)15-14-18-8-4-5-9-19(18)16-26/h1-13H,14-17H2,(H,27,30)(H,28,32). The first-order valence-electron chi connectivity index (χ1n) is 10.9. The van der Waals surface area contributed by atoms with Crippen LogP contribution >= 0.6 is 0 Å². The number of benzene rings is 3. The molecule has 5 rings (SSSR count). The van der Waals surface area contributed by atoms with Gasteiger partial charge >= 0.3 is 6.03 Å². The van der Waals surface area contributed by atoms with E-state index in [0.29, 0.717) is 36.4 Å². The second kappa shape index (κ2) is 8.43. The highest BCUT2D eigenvalue weighted by molar-refractivity contribution is 6.10. The number of para-hydroxylation sites is 3. The number of ether oxygens (including phenoxy) is 1. The summed E-state index contributed by atoms with van der Waals surface area (Å²) in [6, 6.07) is 23.6. The summed E-state index contributed by atoms with van der Waals surface area (Å²) < 4.78 is 5.87. The molecule has 1 atom stereocenters. The van der Waals surface area contributed by atoms with Crippen molar-refractivity contribution in [2.24, 2.45) is 0 Å². The molecule has 0 bridgehead atoms. The Labute approximate surface area is 191 Å². The maximum atomic E-state index is 13.2. The van der Waals surface area contributed by atoms with Gasteiger partial charge in [-0.1, -0.05) is 54.6 Å². The maximum Gasteiger partial charge on any atom is 0.325 e. The van der Waals surface area contributed by atoms with Crippen LogP contribution in [-0.2, 0) is 22.4 Å². The zero-order chi connectivity index (χ0) is 22.8. The number of carbonyl (C=O) groups is 3. The van der Waals surface area contributed by atoms with Crippen LogP contribution in [0.25, 0.3) is 0 Å². The van der Waals surface area contributed by atoms with Crippen molar-refractivity contribution in [1.82, 2.24) is 10.2 Å². The number of aryl methyl sites for hydroxylation is 1. The normalized spacial score (nSPS) is 19.2. The first-order chi connectivity index (χ1) is 16.0. The third kappa shape index (κ3) is 4.05. The van der Waals surface area contributed by atoms with Gasteiger partial charge < -0.3 is 15.4 Å². The molecule has 7 nitrogen and oxygen atoms in total. The molecule has 1 fully saturated rings. The first kappa shape index (κ1) is 20.8. The summed E-state index contributed by atoms with van der Waals surface area (Å²) >= 11 is 0. The molecule has 1 unspecified atom stereocenters. The van der Waals surface area contributed by atoms with Crippen LogP contribution in [0.5, 0.6) is 11.5 Å². The number of fused-ring (bicyclic) bond motifs is 1. The van der Waals surface area contributed by atoms with Crippen molar-refractivity contribution in [1.29, 1.82) is 0 Å². The van der Waals surface area contributed by atoms with Gasteiger partial charge in [-0.05, 0) is 48.2 Å². The van der Waals surface area contributed by atoms with Gasteiger partial charge in [0.15, 0.2) is 5.75 Å². The van der Waals surface area contributed by atoms with Crippen molar-refractivity contribution in [2.75, 3.05) is 11.9 Å². The fourth-order valence-corrected chi connectivity index (χ4v) is 4.45. The van der Waals surface area contributed by atoms with E-state index in [4.69, 9.17) is 4.74 Å². The smallest absolute Gasteiger partial charge is 0.325 e. The molecule has 1 saturated heterocycles. The molecule has 7 heteroatoms. The number of anilines is 1. The van der Waals surface area contributed by atoms with Gasteiger partial charge in [-0.15, -0.1) is 0 Å². The minimum atomic E-state index is -0.986. The first-order valence-corrected chi connectivity index (χ1v) is 10.9. The highest BCUT2D eigenvalue weighted by atomic mass is 16.5. The summed E-state index contributed by atoms with van der Waals surface area (Å²) in [7, 11) is 0. The molecule has 0 radical (unpaired) electrons. The van der Waals surface area contributed by atoms with Gasteiger partial charge in [0, 0.05) is 6.42 Å². The van der Waals surface area contributed by atoms with Gasteiger partial charge in [-0.2, -0.15) is 0 Å². The number of urea groups is 1. The monoisotopic (exact) mass is 441 g/mol. The topological polar surface area (TPSA) is 87.7 Å². The van der Waals surface area contributed by atoms with E-state index in [1.165, 1.54) is 5.56 Å². The average molecular weight is 441 g/mol. The predicted molar refractivity (Wildman–Crippen MR) is 123 cm³/mol. The summed E-state index contributed by atoms with van der Waals surface area (Å²) in [6.45, 7) is -0.367. The minimum Gasteiger partial charge on any atom is -0.455 e. The Balaban J connectivity index is 1.28. The van der Waals surface area contributed by atoms with E-state index < -0.39 is 17.5 Å². The van der Waals surface area contributed by atoms with Gasteiger partial charge in [-0.25, -0.2) is 4.79 Å². The molecule has 1 heterocycles. The lowest BCUT2D eigenvalue weighted by molar-refractivity contribution is -0.134. The van der Waals surface area contributed by atoms with Crippen molar-refractivity contribution < 1.29 is 19.1 Å². The molecule has 166 valence electrons. The number of amides is 4. The zero-order valence-electron chi connectivity index (χ0n) is 17.9. The quantitative estimate of drug-likeness (QED) is 0.588. The summed E-state index contributed by atoms with van der Waals surface area (Å²) in [6.07, 6.45) is 1.65. The van der Waals surface area contributed by atoms with Crippen molar-refractivity contribution >= 4 is 23.5 Å². The van der Waals surface area contributed by atoms with E-state index in [-0.39, 0.29) is 12.5 Å². The van der Waals surface area contributed by atoms with Gasteiger partial charge in [-0.3, -0.25) is 14.5 Å². The third-order valence-corrected chi connectivity index (χ3v) is 6.11. The van der Waals surface area contributed by atoms with Crippen LogP contribution in [-0.4, -0.2) is 34.8 Å². The lowest BCUT2D eigenvalue weighted by Gasteiger charge is -2.32. The van der Waals surface area contributed by atoms with E-state index in [0.717, 1.165) is 10.5 Å². The van der Waals surface area contributed by atoms with Crippen LogP contribution in [0, 0.1) is 0 Å². The fourth-order valence-electron chi connectivity index (χ4n) is 4.45. The average Bonchev–Trinajstić information content (AvgIpc) is 3.04. The molecular formula is C26H23N3O4. The summed E-state index contributed by atoms with van der Waals surface area (Å²) in [4.78, 5) is 39.7. The van der Waals surface area contributed by atoms with Gasteiger partial charge in [0.1, 0.15) is 17.8 Å². The number of nitrogens with one attached hydrogen (secondary N) is 2. The van der Waals surface area contributed by atoms with Crippen molar-refractivity contribution in [2.45, 2.75) is 24.8 Å². The van der Waals surface area contributed by atoms with Crippen LogP contribution in [0.2, 0.25) is 0 Å². The lowest BCUT2D eigenvalue weighted by Crippen LogP contribution is -2.51. The predicted octanol–water partition coefficient (Wildman–Crippen LogP) is 3.90. The molecule has 2 aliphatic rings.